The SMILES string of the molecule is C/C(=C/CCCl)c1cc(F)c(F)cc1F. The Hall–Kier alpha value is -0.960. The summed E-state index contributed by atoms with van der Waals surface area (Å²) in [4.78, 5) is 0. The van der Waals surface area contributed by atoms with Gasteiger partial charge in [-0.3, -0.25) is 0 Å². The predicted molar refractivity (Wildman–Crippen MR) is 55.3 cm³/mol. The molecule has 0 heterocycles. The van der Waals surface area contributed by atoms with Gasteiger partial charge in [-0.2, -0.15) is 0 Å². The average Bonchev–Trinajstić information content (AvgIpc) is 2.20. The average molecular weight is 235 g/mol. The van der Waals surface area contributed by atoms with E-state index in [0.717, 1.165) is 6.07 Å². The van der Waals surface area contributed by atoms with Crippen molar-refractivity contribution in [2.24, 2.45) is 0 Å². The lowest BCUT2D eigenvalue weighted by Gasteiger charge is -2.04. The van der Waals surface area contributed by atoms with Crippen LogP contribution in [0, 0.1) is 17.5 Å². The quantitative estimate of drug-likeness (QED) is 0.545. The van der Waals surface area contributed by atoms with E-state index in [-0.39, 0.29) is 5.56 Å². The second-order valence-corrected chi connectivity index (χ2v) is 3.49. The summed E-state index contributed by atoms with van der Waals surface area (Å²) in [7, 11) is 0. The van der Waals surface area contributed by atoms with Crippen LogP contribution < -0.4 is 0 Å². The van der Waals surface area contributed by atoms with Gasteiger partial charge in [-0.25, -0.2) is 13.2 Å². The molecule has 0 saturated carbocycles. The van der Waals surface area contributed by atoms with E-state index in [9.17, 15) is 13.2 Å². The molecule has 0 unspecified atom stereocenters. The summed E-state index contributed by atoms with van der Waals surface area (Å²) in [5.74, 6) is -2.59. The maximum Gasteiger partial charge on any atom is 0.161 e. The lowest BCUT2D eigenvalue weighted by atomic mass is 10.1. The van der Waals surface area contributed by atoms with Crippen molar-refractivity contribution in [1.29, 1.82) is 0 Å². The van der Waals surface area contributed by atoms with Crippen molar-refractivity contribution in [3.05, 3.63) is 41.2 Å². The van der Waals surface area contributed by atoms with E-state index >= 15 is 0 Å². The molecule has 0 nitrogen and oxygen atoms in total. The van der Waals surface area contributed by atoms with Gasteiger partial charge < -0.3 is 0 Å². The predicted octanol–water partition coefficient (Wildman–Crippen LogP) is 4.14. The van der Waals surface area contributed by atoms with Gasteiger partial charge in [0.15, 0.2) is 11.6 Å². The highest BCUT2D eigenvalue weighted by Crippen LogP contribution is 2.21. The number of hydrogen-bond donors (Lipinski definition) is 0. The minimum atomic E-state index is -1.18. The maximum absolute atomic E-state index is 13.2. The van der Waals surface area contributed by atoms with Crippen molar-refractivity contribution >= 4 is 17.2 Å². The van der Waals surface area contributed by atoms with Crippen LogP contribution in [0.3, 0.4) is 0 Å². The van der Waals surface area contributed by atoms with Crippen molar-refractivity contribution < 1.29 is 13.2 Å². The van der Waals surface area contributed by atoms with Crippen molar-refractivity contribution in [1.82, 2.24) is 0 Å². The third-order valence-electron chi connectivity index (χ3n) is 1.99. The van der Waals surface area contributed by atoms with Crippen LogP contribution in [0.5, 0.6) is 0 Å². The lowest BCUT2D eigenvalue weighted by molar-refractivity contribution is 0.494. The molecule has 0 fully saturated rings. The minimum Gasteiger partial charge on any atom is -0.206 e. The van der Waals surface area contributed by atoms with Crippen LogP contribution >= 0.6 is 11.6 Å². The third-order valence-corrected chi connectivity index (χ3v) is 2.21. The molecule has 0 amide bonds. The summed E-state index contributed by atoms with van der Waals surface area (Å²) in [6.45, 7) is 1.63. The number of alkyl halides is 1. The highest BCUT2D eigenvalue weighted by molar-refractivity contribution is 6.17. The molecule has 82 valence electrons. The number of hydrogen-bond acceptors (Lipinski definition) is 0. The van der Waals surface area contributed by atoms with Gasteiger partial charge in [0.2, 0.25) is 0 Å². The zero-order chi connectivity index (χ0) is 11.4. The Morgan fingerprint density at radius 1 is 1.20 bits per heavy atom. The molecule has 4 heteroatoms. The highest BCUT2D eigenvalue weighted by atomic mass is 35.5. The van der Waals surface area contributed by atoms with Crippen LogP contribution in [-0.4, -0.2) is 5.88 Å². The monoisotopic (exact) mass is 234 g/mol. The van der Waals surface area contributed by atoms with Gasteiger partial charge in [-0.15, -0.1) is 11.6 Å². The molecule has 0 radical (unpaired) electrons. The molecular weight excluding hydrogens is 225 g/mol. The summed E-state index contributed by atoms with van der Waals surface area (Å²) >= 11 is 5.46. The Labute approximate surface area is 91.4 Å². The molecule has 0 aliphatic rings. The van der Waals surface area contributed by atoms with E-state index < -0.39 is 17.5 Å². The summed E-state index contributed by atoms with van der Waals surface area (Å²) in [6.07, 6.45) is 2.24. The number of benzene rings is 1. The highest BCUT2D eigenvalue weighted by Gasteiger charge is 2.10. The summed E-state index contributed by atoms with van der Waals surface area (Å²) < 4.78 is 38.7. The first kappa shape index (κ1) is 12.1. The molecule has 1 aromatic rings. The fraction of sp³-hybridized carbons (Fsp3) is 0.273. The fourth-order valence-electron chi connectivity index (χ4n) is 1.21. The zero-order valence-corrected chi connectivity index (χ0v) is 8.91. The van der Waals surface area contributed by atoms with E-state index in [0.29, 0.717) is 23.9 Å². The Morgan fingerprint density at radius 3 is 2.40 bits per heavy atom. The third kappa shape index (κ3) is 2.99. The van der Waals surface area contributed by atoms with Gasteiger partial charge in [0.1, 0.15) is 5.82 Å². The molecule has 0 saturated heterocycles. The standard InChI is InChI=1S/C11H10ClF3/c1-7(3-2-4-12)8-5-10(14)11(15)6-9(8)13/h3,5-6H,2,4H2,1H3/b7-3-. The van der Waals surface area contributed by atoms with E-state index in [1.807, 2.05) is 0 Å². The Kier molecular flexibility index (Phi) is 4.21. The molecule has 0 spiro atoms. The molecule has 0 aliphatic heterocycles. The molecule has 1 aromatic carbocycles. The first-order valence-corrected chi connectivity index (χ1v) is 4.97. The van der Waals surface area contributed by atoms with Crippen LogP contribution in [0.25, 0.3) is 5.57 Å². The van der Waals surface area contributed by atoms with Crippen molar-refractivity contribution in [3.8, 4) is 0 Å². The van der Waals surface area contributed by atoms with E-state index in [1.165, 1.54) is 0 Å². The Morgan fingerprint density at radius 2 is 1.80 bits per heavy atom. The maximum atomic E-state index is 13.2. The summed E-state index contributed by atoms with van der Waals surface area (Å²) in [5.41, 5.74) is 0.617. The Bertz CT molecular complexity index is 386. The molecule has 0 atom stereocenters. The van der Waals surface area contributed by atoms with Crippen molar-refractivity contribution in [2.45, 2.75) is 13.3 Å². The van der Waals surface area contributed by atoms with Crippen LogP contribution in [0.4, 0.5) is 13.2 Å². The van der Waals surface area contributed by atoms with Crippen LogP contribution in [0.1, 0.15) is 18.9 Å². The van der Waals surface area contributed by atoms with Crippen LogP contribution in [0.15, 0.2) is 18.2 Å². The molecule has 0 aromatic heterocycles. The molecule has 0 aliphatic carbocycles. The zero-order valence-electron chi connectivity index (χ0n) is 8.16. The second kappa shape index (κ2) is 5.21. The van der Waals surface area contributed by atoms with Gasteiger partial charge in [0.05, 0.1) is 0 Å². The summed E-state index contributed by atoms with van der Waals surface area (Å²) in [6, 6.07) is 1.40. The van der Waals surface area contributed by atoms with Crippen LogP contribution in [-0.2, 0) is 0 Å². The normalized spacial score (nSPS) is 11.9. The molecule has 0 bridgehead atoms. The largest absolute Gasteiger partial charge is 0.206 e. The van der Waals surface area contributed by atoms with Crippen LogP contribution in [0.2, 0.25) is 0 Å². The fourth-order valence-corrected chi connectivity index (χ4v) is 1.31. The molecule has 15 heavy (non-hydrogen) atoms. The molecule has 1 rings (SSSR count). The van der Waals surface area contributed by atoms with E-state index in [2.05, 4.69) is 0 Å². The second-order valence-electron chi connectivity index (χ2n) is 3.11. The minimum absolute atomic E-state index is 0.0685. The van der Waals surface area contributed by atoms with Gasteiger partial charge in [-0.1, -0.05) is 6.08 Å². The van der Waals surface area contributed by atoms with E-state index in [4.69, 9.17) is 11.6 Å². The van der Waals surface area contributed by atoms with E-state index in [1.54, 1.807) is 13.0 Å². The first-order chi connectivity index (χ1) is 7.06. The lowest BCUT2D eigenvalue weighted by Crippen LogP contribution is -1.93. The number of allylic oxidation sites excluding steroid dienone is 2. The summed E-state index contributed by atoms with van der Waals surface area (Å²) in [5, 5.41) is 0. The molecule has 0 N–H and O–H groups in total. The van der Waals surface area contributed by atoms with Gasteiger partial charge in [-0.05, 0) is 25.0 Å². The van der Waals surface area contributed by atoms with Crippen molar-refractivity contribution in [3.63, 3.8) is 0 Å². The van der Waals surface area contributed by atoms with Gasteiger partial charge in [0, 0.05) is 17.5 Å². The van der Waals surface area contributed by atoms with Gasteiger partial charge >= 0.3 is 0 Å². The first-order valence-electron chi connectivity index (χ1n) is 4.44. The van der Waals surface area contributed by atoms with Crippen molar-refractivity contribution in [2.75, 3.05) is 5.88 Å². The number of rotatable bonds is 3. The number of halogens is 4. The Balaban J connectivity index is 3.09. The topological polar surface area (TPSA) is 0 Å². The van der Waals surface area contributed by atoms with Gasteiger partial charge in [0.25, 0.3) is 0 Å². The smallest absolute Gasteiger partial charge is 0.161 e. The molecular formula is C11H10ClF3.